The average molecular weight is 553 g/mol. The molecule has 1 heterocycles. The maximum Gasteiger partial charge on any atom is 0.138 e. The van der Waals surface area contributed by atoms with Gasteiger partial charge < -0.3 is 14.2 Å². The Morgan fingerprint density at radius 2 is 0.791 bits per heavy atom. The van der Waals surface area contributed by atoms with E-state index in [0.717, 1.165) is 61.4 Å². The molecule has 0 fully saturated rings. The van der Waals surface area contributed by atoms with Gasteiger partial charge in [0.25, 0.3) is 0 Å². The van der Waals surface area contributed by atoms with Crippen molar-refractivity contribution in [1.29, 1.82) is 0 Å². The highest BCUT2D eigenvalue weighted by Crippen LogP contribution is 2.45. The van der Waals surface area contributed by atoms with Gasteiger partial charge in [0.15, 0.2) is 0 Å². The van der Waals surface area contributed by atoms with Crippen molar-refractivity contribution >= 4 is 66.8 Å². The molecular formula is C40H28N2O. The third-order valence-corrected chi connectivity index (χ3v) is 8.00. The first-order valence-electron chi connectivity index (χ1n) is 14.5. The van der Waals surface area contributed by atoms with Gasteiger partial charge in [0, 0.05) is 50.7 Å². The molecule has 0 radical (unpaired) electrons. The number of benzene rings is 7. The van der Waals surface area contributed by atoms with Crippen molar-refractivity contribution in [2.75, 3.05) is 9.80 Å². The zero-order valence-electron chi connectivity index (χ0n) is 23.5. The monoisotopic (exact) mass is 552 g/mol. The van der Waals surface area contributed by atoms with E-state index in [9.17, 15) is 0 Å². The average Bonchev–Trinajstić information content (AvgIpc) is 3.45. The zero-order chi connectivity index (χ0) is 28.6. The topological polar surface area (TPSA) is 19.6 Å². The molecule has 0 unspecified atom stereocenters. The largest absolute Gasteiger partial charge is 0.456 e. The molecule has 0 aliphatic heterocycles. The highest BCUT2D eigenvalue weighted by molar-refractivity contribution is 6.23. The molecule has 7 aromatic carbocycles. The van der Waals surface area contributed by atoms with Crippen LogP contribution in [0, 0.1) is 0 Å². The first kappa shape index (κ1) is 25.0. The molecule has 0 N–H and O–H groups in total. The van der Waals surface area contributed by atoms with Gasteiger partial charge in [-0.2, -0.15) is 0 Å². The fraction of sp³-hybridized carbons (Fsp3) is 0. The van der Waals surface area contributed by atoms with E-state index in [-0.39, 0.29) is 0 Å². The second kappa shape index (κ2) is 10.6. The minimum Gasteiger partial charge on any atom is -0.456 e. The molecule has 0 spiro atoms. The van der Waals surface area contributed by atoms with Crippen LogP contribution in [0.2, 0.25) is 0 Å². The van der Waals surface area contributed by atoms with E-state index < -0.39 is 0 Å². The van der Waals surface area contributed by atoms with Crippen LogP contribution in [0.4, 0.5) is 34.1 Å². The predicted molar refractivity (Wildman–Crippen MR) is 181 cm³/mol. The number of furan rings is 1. The summed E-state index contributed by atoms with van der Waals surface area (Å²) in [6.07, 6.45) is 0. The molecule has 3 heteroatoms. The molecule has 0 aliphatic carbocycles. The van der Waals surface area contributed by atoms with Gasteiger partial charge in [-0.15, -0.1) is 0 Å². The number of anilines is 6. The van der Waals surface area contributed by atoms with E-state index in [2.05, 4.69) is 180 Å². The summed E-state index contributed by atoms with van der Waals surface area (Å²) in [7, 11) is 0. The van der Waals surface area contributed by atoms with Crippen LogP contribution >= 0.6 is 0 Å². The molecule has 3 nitrogen and oxygen atoms in total. The Morgan fingerprint density at radius 1 is 0.326 bits per heavy atom. The first-order valence-corrected chi connectivity index (χ1v) is 14.5. The normalized spacial score (nSPS) is 11.3. The van der Waals surface area contributed by atoms with Gasteiger partial charge in [-0.25, -0.2) is 0 Å². The third-order valence-electron chi connectivity index (χ3n) is 8.00. The molecule has 0 aliphatic rings. The molecule has 204 valence electrons. The van der Waals surface area contributed by atoms with E-state index >= 15 is 0 Å². The van der Waals surface area contributed by atoms with Crippen molar-refractivity contribution in [3.63, 3.8) is 0 Å². The lowest BCUT2D eigenvalue weighted by atomic mass is 10.0. The standard InChI is InChI=1S/C40H28N2O/c1-5-15-29(16-6-1)41(30-17-7-2-8-18-30)33-25-26-38-36(27-33)40-35-24-14-13-23-34(35)37(28-39(40)43-38)42(31-19-9-3-10-20-31)32-21-11-4-12-22-32/h1-28H. The summed E-state index contributed by atoms with van der Waals surface area (Å²) in [5.41, 5.74) is 8.29. The van der Waals surface area contributed by atoms with Crippen LogP contribution in [0.25, 0.3) is 32.7 Å². The Bertz CT molecular complexity index is 2090. The maximum absolute atomic E-state index is 6.62. The molecule has 0 saturated carbocycles. The molecule has 0 saturated heterocycles. The zero-order valence-corrected chi connectivity index (χ0v) is 23.5. The van der Waals surface area contributed by atoms with Gasteiger partial charge in [-0.3, -0.25) is 0 Å². The van der Waals surface area contributed by atoms with E-state index in [1.807, 2.05) is 0 Å². The van der Waals surface area contributed by atoms with E-state index in [1.165, 1.54) is 5.39 Å². The van der Waals surface area contributed by atoms with Gasteiger partial charge in [0.05, 0.1) is 5.69 Å². The lowest BCUT2D eigenvalue weighted by Gasteiger charge is -2.27. The van der Waals surface area contributed by atoms with Crippen LogP contribution in [-0.2, 0) is 0 Å². The first-order chi connectivity index (χ1) is 21.3. The van der Waals surface area contributed by atoms with Crippen molar-refractivity contribution < 1.29 is 4.42 Å². The van der Waals surface area contributed by atoms with E-state index in [4.69, 9.17) is 4.42 Å². The highest BCUT2D eigenvalue weighted by Gasteiger charge is 2.21. The summed E-state index contributed by atoms with van der Waals surface area (Å²) in [6.45, 7) is 0. The number of nitrogens with zero attached hydrogens (tertiary/aromatic N) is 2. The minimum absolute atomic E-state index is 0.865. The SMILES string of the molecule is c1ccc(N(c2ccccc2)c2ccc3oc4cc(N(c5ccccc5)c5ccccc5)c5ccccc5c4c3c2)cc1. The smallest absolute Gasteiger partial charge is 0.138 e. The lowest BCUT2D eigenvalue weighted by molar-refractivity contribution is 0.669. The molecule has 8 rings (SSSR count). The molecule has 0 atom stereocenters. The predicted octanol–water partition coefficient (Wildman–Crippen LogP) is 11.7. The molecule has 1 aromatic heterocycles. The van der Waals surface area contributed by atoms with Gasteiger partial charge in [0.2, 0.25) is 0 Å². The minimum atomic E-state index is 0.865. The van der Waals surface area contributed by atoms with Crippen LogP contribution in [0.5, 0.6) is 0 Å². The van der Waals surface area contributed by atoms with Gasteiger partial charge in [-0.05, 0) is 72.1 Å². The fourth-order valence-corrected chi connectivity index (χ4v) is 6.12. The number of hydrogen-bond donors (Lipinski definition) is 0. The Balaban J connectivity index is 1.38. The van der Waals surface area contributed by atoms with Crippen LogP contribution in [0.15, 0.2) is 174 Å². The summed E-state index contributed by atoms with van der Waals surface area (Å²) in [4.78, 5) is 4.61. The molecule has 8 aromatic rings. The number of fused-ring (bicyclic) bond motifs is 5. The van der Waals surface area contributed by atoms with Crippen LogP contribution in [0.1, 0.15) is 0 Å². The second-order valence-electron chi connectivity index (χ2n) is 10.6. The van der Waals surface area contributed by atoms with Crippen LogP contribution in [-0.4, -0.2) is 0 Å². The van der Waals surface area contributed by atoms with Gasteiger partial charge >= 0.3 is 0 Å². The summed E-state index contributed by atoms with van der Waals surface area (Å²) < 4.78 is 6.62. The fourth-order valence-electron chi connectivity index (χ4n) is 6.12. The van der Waals surface area contributed by atoms with Gasteiger partial charge in [0.1, 0.15) is 11.2 Å². The van der Waals surface area contributed by atoms with E-state index in [1.54, 1.807) is 0 Å². The molecular weight excluding hydrogens is 524 g/mol. The summed E-state index contributed by atoms with van der Waals surface area (Å²) >= 11 is 0. The van der Waals surface area contributed by atoms with Crippen molar-refractivity contribution in [3.05, 3.63) is 170 Å². The van der Waals surface area contributed by atoms with Crippen molar-refractivity contribution in [2.24, 2.45) is 0 Å². The van der Waals surface area contributed by atoms with Crippen molar-refractivity contribution in [2.45, 2.75) is 0 Å². The third kappa shape index (κ3) is 4.39. The Kier molecular flexibility index (Phi) is 6.12. The Labute approximate surface area is 250 Å². The second-order valence-corrected chi connectivity index (χ2v) is 10.6. The van der Waals surface area contributed by atoms with Crippen LogP contribution in [0.3, 0.4) is 0 Å². The number of para-hydroxylation sites is 4. The van der Waals surface area contributed by atoms with Crippen molar-refractivity contribution in [3.8, 4) is 0 Å². The lowest BCUT2D eigenvalue weighted by Crippen LogP contribution is -2.10. The maximum atomic E-state index is 6.62. The number of hydrogen-bond acceptors (Lipinski definition) is 3. The van der Waals surface area contributed by atoms with Crippen LogP contribution < -0.4 is 9.80 Å². The highest BCUT2D eigenvalue weighted by atomic mass is 16.3. The quantitative estimate of drug-likeness (QED) is 0.205. The summed E-state index contributed by atoms with van der Waals surface area (Å²) in [5, 5.41) is 4.55. The Morgan fingerprint density at radius 3 is 1.33 bits per heavy atom. The molecule has 43 heavy (non-hydrogen) atoms. The summed E-state index contributed by atoms with van der Waals surface area (Å²) in [6, 6.07) is 59.4. The number of rotatable bonds is 6. The van der Waals surface area contributed by atoms with Gasteiger partial charge in [-0.1, -0.05) is 97.1 Å². The Hall–Kier alpha value is -5.80. The molecule has 0 amide bonds. The van der Waals surface area contributed by atoms with Crippen molar-refractivity contribution in [1.82, 2.24) is 0 Å². The van der Waals surface area contributed by atoms with E-state index in [0.29, 0.717) is 0 Å². The summed E-state index contributed by atoms with van der Waals surface area (Å²) in [5.74, 6) is 0. The molecule has 0 bridgehead atoms.